The van der Waals surface area contributed by atoms with Gasteiger partial charge < -0.3 is 10.1 Å². The van der Waals surface area contributed by atoms with Crippen molar-refractivity contribution in [2.45, 2.75) is 23.3 Å². The summed E-state index contributed by atoms with van der Waals surface area (Å²) in [4.78, 5) is 16.6. The van der Waals surface area contributed by atoms with Gasteiger partial charge in [-0.3, -0.25) is 9.78 Å². The number of nitrogens with zero attached hydrogens (tertiary/aromatic N) is 2. The molecule has 1 saturated heterocycles. The Labute approximate surface area is 163 Å². The minimum Gasteiger partial charge on any atom is -0.385 e. The maximum Gasteiger partial charge on any atom is 0.251 e. The average Bonchev–Trinajstić information content (AvgIpc) is 3.12. The van der Waals surface area contributed by atoms with Crippen LogP contribution in [0.15, 0.2) is 53.7 Å². The van der Waals surface area contributed by atoms with Gasteiger partial charge in [0.15, 0.2) is 0 Å². The third-order valence-electron chi connectivity index (χ3n) is 4.86. The molecular formula is C19H22FN3O4S. The van der Waals surface area contributed by atoms with E-state index < -0.39 is 21.4 Å². The van der Waals surface area contributed by atoms with Crippen LogP contribution in [0.4, 0.5) is 4.39 Å². The Balaban J connectivity index is 1.81. The Morgan fingerprint density at radius 1 is 1.32 bits per heavy atom. The van der Waals surface area contributed by atoms with E-state index >= 15 is 0 Å². The van der Waals surface area contributed by atoms with Gasteiger partial charge in [0, 0.05) is 44.8 Å². The molecule has 1 aromatic heterocycles. The van der Waals surface area contributed by atoms with E-state index in [1.54, 1.807) is 13.2 Å². The van der Waals surface area contributed by atoms with E-state index in [1.165, 1.54) is 47.0 Å². The van der Waals surface area contributed by atoms with E-state index in [2.05, 4.69) is 10.3 Å². The minimum atomic E-state index is -3.71. The summed E-state index contributed by atoms with van der Waals surface area (Å²) in [5, 5.41) is 2.95. The summed E-state index contributed by atoms with van der Waals surface area (Å²) < 4.78 is 45.4. The summed E-state index contributed by atoms with van der Waals surface area (Å²) in [6, 6.07) is 8.28. The fourth-order valence-electron chi connectivity index (χ4n) is 3.27. The molecule has 3 rings (SSSR count). The van der Waals surface area contributed by atoms with Gasteiger partial charge >= 0.3 is 0 Å². The number of hydrogen-bond acceptors (Lipinski definition) is 5. The fraction of sp³-hybridized carbons (Fsp3) is 0.368. The Bertz CT molecular complexity index is 922. The van der Waals surface area contributed by atoms with Crippen molar-refractivity contribution < 1.29 is 22.3 Å². The SMILES string of the molecule is COCCC1(NC(=O)c2ccc(F)cc2)CCN(S(=O)(=O)c2cccnc2)C1. The minimum absolute atomic E-state index is 0.113. The van der Waals surface area contributed by atoms with Crippen molar-refractivity contribution in [3.8, 4) is 0 Å². The van der Waals surface area contributed by atoms with Gasteiger partial charge in [0.2, 0.25) is 10.0 Å². The van der Waals surface area contributed by atoms with Crippen molar-refractivity contribution in [2.75, 3.05) is 26.8 Å². The number of pyridine rings is 1. The first-order valence-electron chi connectivity index (χ1n) is 8.83. The number of benzene rings is 1. The number of sulfonamides is 1. The standard InChI is InChI=1S/C19H22FN3O4S/c1-27-12-9-19(22-18(24)15-4-6-16(20)7-5-15)8-11-23(14-19)28(25,26)17-3-2-10-21-13-17/h2-7,10,13H,8-9,11-12,14H2,1H3,(H,22,24). The highest BCUT2D eigenvalue weighted by Gasteiger charge is 2.44. The lowest BCUT2D eigenvalue weighted by Crippen LogP contribution is -2.51. The van der Waals surface area contributed by atoms with Crippen molar-refractivity contribution in [3.63, 3.8) is 0 Å². The summed E-state index contributed by atoms with van der Waals surface area (Å²) >= 11 is 0. The number of carbonyl (C=O) groups excluding carboxylic acids is 1. The Morgan fingerprint density at radius 3 is 2.71 bits per heavy atom. The van der Waals surface area contributed by atoms with Gasteiger partial charge in [0.1, 0.15) is 10.7 Å². The zero-order valence-electron chi connectivity index (χ0n) is 15.5. The number of amides is 1. The van der Waals surface area contributed by atoms with Crippen LogP contribution in [-0.4, -0.2) is 56.0 Å². The molecule has 0 radical (unpaired) electrons. The van der Waals surface area contributed by atoms with Gasteiger partial charge in [-0.15, -0.1) is 0 Å². The van der Waals surface area contributed by atoms with Crippen molar-refractivity contribution in [3.05, 3.63) is 60.2 Å². The van der Waals surface area contributed by atoms with Gasteiger partial charge in [-0.2, -0.15) is 4.31 Å². The molecule has 1 aliphatic rings. The Hall–Kier alpha value is -2.36. The zero-order chi connectivity index (χ0) is 20.2. The molecule has 1 fully saturated rings. The third-order valence-corrected chi connectivity index (χ3v) is 6.69. The van der Waals surface area contributed by atoms with Crippen LogP contribution in [0.5, 0.6) is 0 Å². The van der Waals surface area contributed by atoms with Crippen LogP contribution in [0.2, 0.25) is 0 Å². The lowest BCUT2D eigenvalue weighted by atomic mass is 9.94. The van der Waals surface area contributed by atoms with Crippen molar-refractivity contribution in [1.82, 2.24) is 14.6 Å². The fourth-order valence-corrected chi connectivity index (χ4v) is 4.76. The molecule has 2 heterocycles. The smallest absolute Gasteiger partial charge is 0.251 e. The highest BCUT2D eigenvalue weighted by Crippen LogP contribution is 2.30. The first-order chi connectivity index (χ1) is 13.4. The zero-order valence-corrected chi connectivity index (χ0v) is 16.3. The highest BCUT2D eigenvalue weighted by atomic mass is 32.2. The molecule has 1 unspecified atom stereocenters. The highest BCUT2D eigenvalue weighted by molar-refractivity contribution is 7.89. The van der Waals surface area contributed by atoms with E-state index in [1.807, 2.05) is 0 Å². The second kappa shape index (κ2) is 8.34. The first-order valence-corrected chi connectivity index (χ1v) is 10.3. The molecule has 0 aliphatic carbocycles. The lowest BCUT2D eigenvalue weighted by Gasteiger charge is -2.30. The van der Waals surface area contributed by atoms with Crippen molar-refractivity contribution in [2.24, 2.45) is 0 Å². The molecule has 1 N–H and O–H groups in total. The Kier molecular flexibility index (Phi) is 6.07. The van der Waals surface area contributed by atoms with E-state index in [0.717, 1.165) is 0 Å². The molecule has 1 aliphatic heterocycles. The number of aromatic nitrogens is 1. The summed E-state index contributed by atoms with van der Waals surface area (Å²) in [5.74, 6) is -0.808. The third kappa shape index (κ3) is 4.37. The molecule has 0 spiro atoms. The van der Waals surface area contributed by atoms with Crippen LogP contribution >= 0.6 is 0 Å². The van der Waals surface area contributed by atoms with Gasteiger partial charge in [-0.05, 0) is 49.2 Å². The van der Waals surface area contributed by atoms with Crippen molar-refractivity contribution >= 4 is 15.9 Å². The molecule has 0 bridgehead atoms. The van der Waals surface area contributed by atoms with E-state index in [4.69, 9.17) is 4.74 Å². The monoisotopic (exact) mass is 407 g/mol. The maximum absolute atomic E-state index is 13.1. The normalized spacial score (nSPS) is 20.2. The largest absolute Gasteiger partial charge is 0.385 e. The van der Waals surface area contributed by atoms with Gasteiger partial charge in [0.05, 0.1) is 5.54 Å². The van der Waals surface area contributed by atoms with Crippen molar-refractivity contribution in [1.29, 1.82) is 0 Å². The number of halogens is 1. The molecular weight excluding hydrogens is 385 g/mol. The predicted molar refractivity (Wildman–Crippen MR) is 101 cm³/mol. The molecule has 28 heavy (non-hydrogen) atoms. The average molecular weight is 407 g/mol. The maximum atomic E-state index is 13.1. The molecule has 7 nitrogen and oxygen atoms in total. The molecule has 2 aromatic rings. The number of carbonyl (C=O) groups is 1. The van der Waals surface area contributed by atoms with Gasteiger partial charge in [-0.1, -0.05) is 0 Å². The van der Waals surface area contributed by atoms with Crippen LogP contribution in [0, 0.1) is 5.82 Å². The van der Waals surface area contributed by atoms with Crippen LogP contribution in [0.25, 0.3) is 0 Å². The number of rotatable bonds is 7. The number of hydrogen-bond donors (Lipinski definition) is 1. The quantitative estimate of drug-likeness (QED) is 0.756. The topological polar surface area (TPSA) is 88.6 Å². The predicted octanol–water partition coefficient (Wildman–Crippen LogP) is 1.82. The second-order valence-electron chi connectivity index (χ2n) is 6.76. The molecule has 1 amide bonds. The molecule has 1 aromatic carbocycles. The molecule has 1 atom stereocenters. The van der Waals surface area contributed by atoms with Crippen LogP contribution < -0.4 is 5.32 Å². The first kappa shape index (κ1) is 20.4. The molecule has 150 valence electrons. The van der Waals surface area contributed by atoms with E-state index in [-0.39, 0.29) is 23.9 Å². The molecule has 0 saturated carbocycles. The number of ether oxygens (including phenoxy) is 1. The summed E-state index contributed by atoms with van der Waals surface area (Å²) in [5.41, 5.74) is -0.455. The lowest BCUT2D eigenvalue weighted by molar-refractivity contribution is 0.0871. The van der Waals surface area contributed by atoms with E-state index in [0.29, 0.717) is 25.0 Å². The number of methoxy groups -OCH3 is 1. The second-order valence-corrected chi connectivity index (χ2v) is 8.70. The number of nitrogens with one attached hydrogen (secondary N) is 1. The van der Waals surface area contributed by atoms with Gasteiger partial charge in [-0.25, -0.2) is 12.8 Å². The van der Waals surface area contributed by atoms with Crippen LogP contribution in [0.1, 0.15) is 23.2 Å². The van der Waals surface area contributed by atoms with Crippen LogP contribution in [-0.2, 0) is 14.8 Å². The summed E-state index contributed by atoms with van der Waals surface area (Å²) in [7, 11) is -2.16. The van der Waals surface area contributed by atoms with Gasteiger partial charge in [0.25, 0.3) is 5.91 Å². The summed E-state index contributed by atoms with van der Waals surface area (Å²) in [6.07, 6.45) is 3.72. The van der Waals surface area contributed by atoms with E-state index in [9.17, 15) is 17.6 Å². The van der Waals surface area contributed by atoms with Crippen LogP contribution in [0.3, 0.4) is 0 Å². The molecule has 9 heteroatoms. The summed E-state index contributed by atoms with van der Waals surface area (Å²) in [6.45, 7) is 0.760. The Morgan fingerprint density at radius 2 is 2.07 bits per heavy atom.